The van der Waals surface area contributed by atoms with Crippen molar-refractivity contribution in [1.82, 2.24) is 19.7 Å². The van der Waals surface area contributed by atoms with Gasteiger partial charge in [0.15, 0.2) is 0 Å². The fourth-order valence-electron chi connectivity index (χ4n) is 3.20. The van der Waals surface area contributed by atoms with E-state index in [2.05, 4.69) is 26.7 Å². The number of aryl methyl sites for hydroxylation is 1. The molecule has 1 aromatic heterocycles. The van der Waals surface area contributed by atoms with E-state index in [-0.39, 0.29) is 0 Å². The van der Waals surface area contributed by atoms with Crippen molar-refractivity contribution in [3.05, 3.63) is 11.6 Å². The second-order valence-corrected chi connectivity index (χ2v) is 5.83. The topological polar surface area (TPSA) is 51.0 Å². The maximum Gasteiger partial charge on any atom is 0.147 e. The first kappa shape index (κ1) is 12.8. The molecule has 0 N–H and O–H groups in total. The van der Waals surface area contributed by atoms with Crippen LogP contribution in [0.4, 0.5) is 0 Å². The quantitative estimate of drug-likeness (QED) is 0.829. The van der Waals surface area contributed by atoms with Crippen LogP contribution in [0.2, 0.25) is 0 Å². The molecule has 1 saturated carbocycles. The number of rotatable bonds is 3. The Hall–Kier alpha value is -1.23. The average Bonchev–Trinajstić information content (AvgIpc) is 2.83. The first-order valence-electron chi connectivity index (χ1n) is 7.37. The molecule has 0 radical (unpaired) electrons. The Morgan fingerprint density at radius 3 is 2.79 bits per heavy atom. The molecule has 0 aromatic carbocycles. The normalized spacial score (nSPS) is 20.8. The molecule has 0 bridgehead atoms. The van der Waals surface area contributed by atoms with Crippen molar-refractivity contribution >= 4 is 5.78 Å². The lowest BCUT2D eigenvalue weighted by Crippen LogP contribution is -2.35. The molecule has 19 heavy (non-hydrogen) atoms. The van der Waals surface area contributed by atoms with Gasteiger partial charge in [0.05, 0.1) is 6.54 Å². The highest BCUT2D eigenvalue weighted by molar-refractivity contribution is 5.79. The molecule has 0 atom stereocenters. The minimum absolute atomic E-state index is 0.421. The maximum absolute atomic E-state index is 11.3. The van der Waals surface area contributed by atoms with Crippen LogP contribution in [0.15, 0.2) is 0 Å². The van der Waals surface area contributed by atoms with Crippen LogP contribution in [0.25, 0.3) is 0 Å². The van der Waals surface area contributed by atoms with E-state index in [1.165, 1.54) is 12.8 Å². The Balaban J connectivity index is 1.64. The minimum atomic E-state index is 0.421. The monoisotopic (exact) mass is 262 g/mol. The number of ketones is 1. The van der Waals surface area contributed by atoms with Gasteiger partial charge in [0.2, 0.25) is 0 Å². The number of carbonyl (C=O) groups excluding carboxylic acids is 1. The zero-order valence-electron chi connectivity index (χ0n) is 11.6. The molecule has 104 valence electrons. The van der Waals surface area contributed by atoms with Gasteiger partial charge in [-0.15, -0.1) is 10.2 Å². The third-order valence-electron chi connectivity index (χ3n) is 4.46. The molecule has 5 heteroatoms. The number of nitrogens with zero attached hydrogens (tertiary/aromatic N) is 4. The molecule has 3 rings (SSSR count). The van der Waals surface area contributed by atoms with Crippen LogP contribution in [-0.2, 0) is 24.3 Å². The Morgan fingerprint density at radius 2 is 2.00 bits per heavy atom. The van der Waals surface area contributed by atoms with Crippen LogP contribution in [-0.4, -0.2) is 38.5 Å². The summed E-state index contributed by atoms with van der Waals surface area (Å²) in [5.41, 5.74) is 0. The molecule has 1 fully saturated rings. The molecule has 2 aliphatic rings. The zero-order valence-corrected chi connectivity index (χ0v) is 11.6. The number of fused-ring (bicyclic) bond motifs is 1. The van der Waals surface area contributed by atoms with E-state index in [0.29, 0.717) is 11.8 Å². The molecule has 2 heterocycles. The summed E-state index contributed by atoms with van der Waals surface area (Å²) in [4.78, 5) is 13.6. The van der Waals surface area contributed by atoms with Crippen molar-refractivity contribution in [1.29, 1.82) is 0 Å². The van der Waals surface area contributed by atoms with Crippen molar-refractivity contribution in [2.24, 2.45) is 0 Å². The Labute approximate surface area is 114 Å². The lowest BCUT2D eigenvalue weighted by molar-refractivity contribution is -0.121. The van der Waals surface area contributed by atoms with Gasteiger partial charge in [0.25, 0.3) is 0 Å². The molecule has 5 nitrogen and oxygen atoms in total. The van der Waals surface area contributed by atoms with Gasteiger partial charge in [-0.05, 0) is 32.7 Å². The average molecular weight is 262 g/mol. The molecular weight excluding hydrogens is 240 g/mol. The fourth-order valence-corrected chi connectivity index (χ4v) is 3.20. The van der Waals surface area contributed by atoms with Crippen molar-refractivity contribution in [2.75, 3.05) is 7.05 Å². The van der Waals surface area contributed by atoms with E-state index in [0.717, 1.165) is 56.8 Å². The van der Waals surface area contributed by atoms with Crippen LogP contribution in [0, 0.1) is 0 Å². The molecule has 0 spiro atoms. The van der Waals surface area contributed by atoms with Crippen molar-refractivity contribution in [3.63, 3.8) is 0 Å². The SMILES string of the molecule is CN(Cc1nnc2n1CCCC2)C1CCC(=O)CC1. The van der Waals surface area contributed by atoms with Gasteiger partial charge in [0, 0.05) is 31.8 Å². The van der Waals surface area contributed by atoms with E-state index in [1.807, 2.05) is 0 Å². The van der Waals surface area contributed by atoms with Crippen LogP contribution in [0.1, 0.15) is 50.2 Å². The van der Waals surface area contributed by atoms with Crippen LogP contribution >= 0.6 is 0 Å². The third kappa shape index (κ3) is 2.71. The lowest BCUT2D eigenvalue weighted by atomic mass is 9.93. The van der Waals surface area contributed by atoms with Gasteiger partial charge >= 0.3 is 0 Å². The fraction of sp³-hybridized carbons (Fsp3) is 0.786. The first-order chi connectivity index (χ1) is 9.24. The summed E-state index contributed by atoms with van der Waals surface area (Å²) in [5, 5.41) is 8.65. The van der Waals surface area contributed by atoms with E-state index < -0.39 is 0 Å². The minimum Gasteiger partial charge on any atom is -0.314 e. The summed E-state index contributed by atoms with van der Waals surface area (Å²) in [5.74, 6) is 2.66. The largest absolute Gasteiger partial charge is 0.314 e. The summed E-state index contributed by atoms with van der Waals surface area (Å²) in [7, 11) is 2.14. The number of aromatic nitrogens is 3. The number of hydrogen-bond donors (Lipinski definition) is 0. The van der Waals surface area contributed by atoms with Gasteiger partial charge in [-0.2, -0.15) is 0 Å². The van der Waals surface area contributed by atoms with Gasteiger partial charge in [-0.1, -0.05) is 0 Å². The van der Waals surface area contributed by atoms with Crippen molar-refractivity contribution in [3.8, 4) is 0 Å². The maximum atomic E-state index is 11.3. The van der Waals surface area contributed by atoms with Gasteiger partial charge in [0.1, 0.15) is 17.4 Å². The number of Topliss-reactive ketones (excluding diaryl/α,β-unsaturated/α-hetero) is 1. The van der Waals surface area contributed by atoms with Gasteiger partial charge < -0.3 is 4.57 Å². The van der Waals surface area contributed by atoms with E-state index in [4.69, 9.17) is 0 Å². The molecule has 0 unspecified atom stereocenters. The second-order valence-electron chi connectivity index (χ2n) is 5.83. The number of carbonyl (C=O) groups is 1. The Kier molecular flexibility index (Phi) is 3.64. The van der Waals surface area contributed by atoms with Gasteiger partial charge in [-0.3, -0.25) is 9.69 Å². The summed E-state index contributed by atoms with van der Waals surface area (Å²) >= 11 is 0. The standard InChI is InChI=1S/C14H22N4O/c1-17(11-5-7-12(19)8-6-11)10-14-16-15-13-4-2-3-9-18(13)14/h11H,2-10H2,1H3. The molecule has 1 aromatic rings. The second kappa shape index (κ2) is 5.41. The zero-order chi connectivity index (χ0) is 13.2. The molecular formula is C14H22N4O. The Morgan fingerprint density at radius 1 is 1.21 bits per heavy atom. The van der Waals surface area contributed by atoms with Crippen molar-refractivity contribution in [2.45, 2.75) is 64.1 Å². The van der Waals surface area contributed by atoms with Crippen LogP contribution in [0.5, 0.6) is 0 Å². The smallest absolute Gasteiger partial charge is 0.147 e. The summed E-state index contributed by atoms with van der Waals surface area (Å²) in [6.07, 6.45) is 7.01. The predicted octanol–water partition coefficient (Wildman–Crippen LogP) is 1.56. The summed E-state index contributed by atoms with van der Waals surface area (Å²) < 4.78 is 2.29. The van der Waals surface area contributed by atoms with Crippen molar-refractivity contribution < 1.29 is 4.79 Å². The highest BCUT2D eigenvalue weighted by Gasteiger charge is 2.24. The summed E-state index contributed by atoms with van der Waals surface area (Å²) in [6, 6.07) is 0.522. The highest BCUT2D eigenvalue weighted by atomic mass is 16.1. The first-order valence-corrected chi connectivity index (χ1v) is 7.37. The molecule has 0 saturated heterocycles. The van der Waals surface area contributed by atoms with E-state index in [9.17, 15) is 4.79 Å². The summed E-state index contributed by atoms with van der Waals surface area (Å²) in [6.45, 7) is 1.92. The van der Waals surface area contributed by atoms with E-state index >= 15 is 0 Å². The highest BCUT2D eigenvalue weighted by Crippen LogP contribution is 2.21. The van der Waals surface area contributed by atoms with Gasteiger partial charge in [-0.25, -0.2) is 0 Å². The van der Waals surface area contributed by atoms with E-state index in [1.54, 1.807) is 0 Å². The van der Waals surface area contributed by atoms with Crippen LogP contribution in [0.3, 0.4) is 0 Å². The molecule has 1 aliphatic heterocycles. The lowest BCUT2D eigenvalue weighted by Gasteiger charge is -2.30. The predicted molar refractivity (Wildman–Crippen MR) is 71.7 cm³/mol. The Bertz CT molecular complexity index is 458. The molecule has 1 aliphatic carbocycles. The molecule has 0 amide bonds. The third-order valence-corrected chi connectivity index (χ3v) is 4.46. The number of hydrogen-bond acceptors (Lipinski definition) is 4. The van der Waals surface area contributed by atoms with Crippen LogP contribution < -0.4 is 0 Å².